The van der Waals surface area contributed by atoms with Gasteiger partial charge in [-0.3, -0.25) is 4.79 Å². The summed E-state index contributed by atoms with van der Waals surface area (Å²) in [4.78, 5) is 11.7. The summed E-state index contributed by atoms with van der Waals surface area (Å²) in [6, 6.07) is 0. The van der Waals surface area contributed by atoms with Gasteiger partial charge in [-0.1, -0.05) is 38.7 Å². The summed E-state index contributed by atoms with van der Waals surface area (Å²) >= 11 is 0. The highest BCUT2D eigenvalue weighted by Gasteiger charge is 2.28. The molecule has 0 saturated heterocycles. The van der Waals surface area contributed by atoms with Crippen molar-refractivity contribution in [2.75, 3.05) is 6.54 Å². The Kier molecular flexibility index (Phi) is 5.69. The zero-order valence-corrected chi connectivity index (χ0v) is 11.1. The molecule has 0 aromatic heterocycles. The predicted molar refractivity (Wildman–Crippen MR) is 69.7 cm³/mol. The lowest BCUT2D eigenvalue weighted by molar-refractivity contribution is -0.118. The minimum absolute atomic E-state index is 0.0514. The van der Waals surface area contributed by atoms with Gasteiger partial charge in [0.25, 0.3) is 0 Å². The van der Waals surface area contributed by atoms with Crippen molar-refractivity contribution in [2.24, 2.45) is 0 Å². The third-order valence-corrected chi connectivity index (χ3v) is 3.48. The second-order valence-electron chi connectivity index (χ2n) is 5.12. The van der Waals surface area contributed by atoms with Gasteiger partial charge in [-0.05, 0) is 26.2 Å². The largest absolute Gasteiger partial charge is 0.388 e. The van der Waals surface area contributed by atoms with Crippen LogP contribution in [-0.4, -0.2) is 23.2 Å². The van der Waals surface area contributed by atoms with Gasteiger partial charge in [-0.15, -0.1) is 0 Å². The van der Waals surface area contributed by atoms with Crippen LogP contribution in [0.5, 0.6) is 0 Å². The van der Waals surface area contributed by atoms with Gasteiger partial charge in [-0.2, -0.15) is 0 Å². The maximum Gasteiger partial charge on any atom is 0.246 e. The molecule has 3 heteroatoms. The van der Waals surface area contributed by atoms with Gasteiger partial charge in [0.2, 0.25) is 5.91 Å². The van der Waals surface area contributed by atoms with Crippen molar-refractivity contribution in [1.29, 1.82) is 0 Å². The number of allylic oxidation sites excluding steroid dienone is 1. The minimum Gasteiger partial charge on any atom is -0.388 e. The molecule has 0 atom stereocenters. The zero-order chi connectivity index (χ0) is 12.7. The molecule has 1 saturated carbocycles. The molecule has 1 aliphatic carbocycles. The summed E-state index contributed by atoms with van der Waals surface area (Å²) < 4.78 is 0. The second kappa shape index (κ2) is 6.80. The van der Waals surface area contributed by atoms with Crippen LogP contribution in [0.2, 0.25) is 0 Å². The molecule has 0 spiro atoms. The number of carbonyl (C=O) groups is 1. The Morgan fingerprint density at radius 2 is 1.88 bits per heavy atom. The molecule has 0 aliphatic heterocycles. The first-order valence-electron chi connectivity index (χ1n) is 6.75. The van der Waals surface area contributed by atoms with E-state index in [2.05, 4.69) is 5.32 Å². The van der Waals surface area contributed by atoms with Crippen LogP contribution in [-0.2, 0) is 4.79 Å². The van der Waals surface area contributed by atoms with E-state index in [-0.39, 0.29) is 5.91 Å². The molecule has 0 bridgehead atoms. The van der Waals surface area contributed by atoms with Gasteiger partial charge in [0.15, 0.2) is 0 Å². The highest BCUT2D eigenvalue weighted by molar-refractivity contribution is 5.92. The molecule has 98 valence electrons. The van der Waals surface area contributed by atoms with Crippen molar-refractivity contribution in [3.63, 3.8) is 0 Å². The van der Waals surface area contributed by atoms with E-state index in [4.69, 9.17) is 0 Å². The average molecular weight is 239 g/mol. The minimum atomic E-state index is -0.682. The van der Waals surface area contributed by atoms with Crippen molar-refractivity contribution in [1.82, 2.24) is 5.32 Å². The van der Waals surface area contributed by atoms with E-state index in [1.54, 1.807) is 0 Å². The number of amides is 1. The molecule has 0 heterocycles. The van der Waals surface area contributed by atoms with E-state index in [0.29, 0.717) is 6.54 Å². The van der Waals surface area contributed by atoms with E-state index < -0.39 is 5.60 Å². The monoisotopic (exact) mass is 239 g/mol. The van der Waals surface area contributed by atoms with Crippen LogP contribution in [0.15, 0.2) is 11.6 Å². The molecule has 0 unspecified atom stereocenters. The topological polar surface area (TPSA) is 49.3 Å². The lowest BCUT2D eigenvalue weighted by atomic mass is 9.94. The molecule has 1 amide bonds. The fourth-order valence-corrected chi connectivity index (χ4v) is 2.35. The lowest BCUT2D eigenvalue weighted by Crippen LogP contribution is -2.42. The van der Waals surface area contributed by atoms with Gasteiger partial charge in [0.1, 0.15) is 0 Å². The fraction of sp³-hybridized carbons (Fsp3) is 0.786. The van der Waals surface area contributed by atoms with Crippen LogP contribution in [0.25, 0.3) is 0 Å². The van der Waals surface area contributed by atoms with Crippen LogP contribution in [0.4, 0.5) is 0 Å². The van der Waals surface area contributed by atoms with Gasteiger partial charge < -0.3 is 10.4 Å². The molecular weight excluding hydrogens is 214 g/mol. The molecule has 17 heavy (non-hydrogen) atoms. The number of hydrogen-bond donors (Lipinski definition) is 2. The first-order chi connectivity index (χ1) is 8.07. The first kappa shape index (κ1) is 14.2. The number of hydrogen-bond acceptors (Lipinski definition) is 2. The summed E-state index contributed by atoms with van der Waals surface area (Å²) in [7, 11) is 0. The molecule has 0 radical (unpaired) electrons. The standard InChI is InChI=1S/C14H25NO2/c1-3-8-12(2)13(16)15-11-14(17)9-6-4-5-7-10-14/h8,17H,3-7,9-11H2,1-2H3,(H,15,16). The van der Waals surface area contributed by atoms with E-state index in [9.17, 15) is 9.90 Å². The Morgan fingerprint density at radius 1 is 1.29 bits per heavy atom. The Labute approximate surface area is 104 Å². The number of rotatable bonds is 4. The predicted octanol–water partition coefficient (Wildman–Crippen LogP) is 2.54. The summed E-state index contributed by atoms with van der Waals surface area (Å²) in [5.74, 6) is -0.0514. The second-order valence-corrected chi connectivity index (χ2v) is 5.12. The SMILES string of the molecule is CCC=C(C)C(=O)NCC1(O)CCCCCC1. The summed E-state index contributed by atoms with van der Waals surface area (Å²) in [5, 5.41) is 13.2. The summed E-state index contributed by atoms with van der Waals surface area (Å²) in [5.41, 5.74) is 0.0586. The van der Waals surface area contributed by atoms with E-state index in [0.717, 1.165) is 37.7 Å². The van der Waals surface area contributed by atoms with E-state index >= 15 is 0 Å². The van der Waals surface area contributed by atoms with Gasteiger partial charge in [0.05, 0.1) is 5.60 Å². The van der Waals surface area contributed by atoms with Crippen LogP contribution in [0.3, 0.4) is 0 Å². The fourth-order valence-electron chi connectivity index (χ4n) is 2.35. The third kappa shape index (κ3) is 4.90. The summed E-state index contributed by atoms with van der Waals surface area (Å²) in [6.07, 6.45) is 8.92. The van der Waals surface area contributed by atoms with E-state index in [1.807, 2.05) is 19.9 Å². The van der Waals surface area contributed by atoms with Crippen LogP contribution < -0.4 is 5.32 Å². The van der Waals surface area contributed by atoms with Crippen molar-refractivity contribution in [2.45, 2.75) is 64.4 Å². The van der Waals surface area contributed by atoms with Gasteiger partial charge >= 0.3 is 0 Å². The smallest absolute Gasteiger partial charge is 0.246 e. The average Bonchev–Trinajstić information content (AvgIpc) is 2.52. The Hall–Kier alpha value is -0.830. The molecule has 3 nitrogen and oxygen atoms in total. The third-order valence-electron chi connectivity index (χ3n) is 3.48. The Balaban J connectivity index is 2.43. The lowest BCUT2D eigenvalue weighted by Gasteiger charge is -2.26. The zero-order valence-electron chi connectivity index (χ0n) is 11.1. The number of nitrogens with one attached hydrogen (secondary N) is 1. The summed E-state index contributed by atoms with van der Waals surface area (Å²) in [6.45, 7) is 4.21. The maximum absolute atomic E-state index is 11.7. The molecule has 1 aliphatic rings. The Bertz CT molecular complexity index is 276. The van der Waals surface area contributed by atoms with E-state index in [1.165, 1.54) is 12.8 Å². The Morgan fingerprint density at radius 3 is 2.41 bits per heavy atom. The molecule has 1 fully saturated rings. The molecular formula is C14H25NO2. The van der Waals surface area contributed by atoms with Crippen molar-refractivity contribution in [3.8, 4) is 0 Å². The van der Waals surface area contributed by atoms with Crippen LogP contribution >= 0.6 is 0 Å². The van der Waals surface area contributed by atoms with Crippen molar-refractivity contribution in [3.05, 3.63) is 11.6 Å². The van der Waals surface area contributed by atoms with Gasteiger partial charge in [-0.25, -0.2) is 0 Å². The van der Waals surface area contributed by atoms with Crippen molar-refractivity contribution >= 4 is 5.91 Å². The van der Waals surface area contributed by atoms with Crippen LogP contribution in [0, 0.1) is 0 Å². The normalized spacial score (nSPS) is 20.8. The first-order valence-corrected chi connectivity index (χ1v) is 6.75. The molecule has 1 rings (SSSR count). The maximum atomic E-state index is 11.7. The molecule has 0 aromatic carbocycles. The van der Waals surface area contributed by atoms with Gasteiger partial charge in [0, 0.05) is 12.1 Å². The van der Waals surface area contributed by atoms with Crippen LogP contribution in [0.1, 0.15) is 58.8 Å². The quantitative estimate of drug-likeness (QED) is 0.585. The number of aliphatic hydroxyl groups is 1. The highest BCUT2D eigenvalue weighted by atomic mass is 16.3. The van der Waals surface area contributed by atoms with Crippen molar-refractivity contribution < 1.29 is 9.90 Å². The molecule has 0 aromatic rings. The number of carbonyl (C=O) groups excluding carboxylic acids is 1. The highest BCUT2D eigenvalue weighted by Crippen LogP contribution is 2.26. The molecule has 2 N–H and O–H groups in total.